The topological polar surface area (TPSA) is 174 Å². The molecule has 2 N–H and O–H groups in total. The molecule has 8 bridgehead atoms. The quantitative estimate of drug-likeness (QED) is 0.141. The smallest absolute Gasteiger partial charge is 0.324 e. The molecule has 18 nitrogen and oxygen atoms in total. The molecule has 11 heterocycles. The number of anilines is 1. The molecule has 6 atom stereocenters. The van der Waals surface area contributed by atoms with Crippen LogP contribution in [0.15, 0.2) is 35.8 Å². The Kier molecular flexibility index (Phi) is 14.7. The summed E-state index contributed by atoms with van der Waals surface area (Å²) in [6.45, 7) is 18.1. The van der Waals surface area contributed by atoms with E-state index in [1.807, 2.05) is 13.1 Å². The van der Waals surface area contributed by atoms with Gasteiger partial charge >= 0.3 is 5.97 Å². The van der Waals surface area contributed by atoms with E-state index in [-0.39, 0.29) is 42.1 Å². The molecule has 2 saturated carbocycles. The summed E-state index contributed by atoms with van der Waals surface area (Å²) in [5.74, 6) is -0.663. The monoisotopic (exact) mass is 1100 g/mol. The maximum atomic E-state index is 15.5. The lowest BCUT2D eigenvalue weighted by Crippen LogP contribution is -2.64. The van der Waals surface area contributed by atoms with Crippen LogP contribution >= 0.6 is 11.3 Å². The van der Waals surface area contributed by atoms with Crippen LogP contribution in [-0.4, -0.2) is 176 Å². The Hall–Kier alpha value is -4.57. The number of hydrogen-bond acceptors (Lipinski definition) is 16. The van der Waals surface area contributed by atoms with Crippen molar-refractivity contribution in [1.29, 1.82) is 0 Å². The highest BCUT2D eigenvalue weighted by molar-refractivity contribution is 7.10. The summed E-state index contributed by atoms with van der Waals surface area (Å²) in [6, 6.07) is 7.33. The Labute approximate surface area is 468 Å². The van der Waals surface area contributed by atoms with E-state index in [9.17, 15) is 9.59 Å². The van der Waals surface area contributed by atoms with Gasteiger partial charge in [-0.25, -0.2) is 10.4 Å². The highest BCUT2D eigenvalue weighted by Crippen LogP contribution is 2.53. The minimum Gasteiger partial charge on any atom is -0.464 e. The number of esters is 1. The number of carbonyl (C=O) groups excluding carboxylic acids is 3. The van der Waals surface area contributed by atoms with Crippen LogP contribution in [0.25, 0.3) is 33.4 Å². The van der Waals surface area contributed by atoms with Crippen molar-refractivity contribution in [3.05, 3.63) is 52.1 Å². The number of hydrogen-bond donors (Lipinski definition) is 2. The second-order valence-corrected chi connectivity index (χ2v) is 26.3. The maximum Gasteiger partial charge on any atom is 0.324 e. The first-order chi connectivity index (χ1) is 38.3. The summed E-state index contributed by atoms with van der Waals surface area (Å²) < 4.78 is 39.8. The molecule has 79 heavy (non-hydrogen) atoms. The second-order valence-electron chi connectivity index (χ2n) is 25.4. The first kappa shape index (κ1) is 53.7. The maximum absolute atomic E-state index is 15.5. The molecule has 1 unspecified atom stereocenters. The van der Waals surface area contributed by atoms with Gasteiger partial charge in [0.15, 0.2) is 0 Å². The predicted molar refractivity (Wildman–Crippen MR) is 299 cm³/mol. The van der Waals surface area contributed by atoms with Crippen molar-refractivity contribution in [2.75, 3.05) is 97.5 Å². The lowest BCUT2D eigenvalue weighted by atomic mass is 9.72. The van der Waals surface area contributed by atoms with Gasteiger partial charge in [0.05, 0.1) is 73.1 Å². The van der Waals surface area contributed by atoms with Gasteiger partial charge in [-0.1, -0.05) is 19.9 Å². The normalized spacial score (nSPS) is 31.2. The van der Waals surface area contributed by atoms with Crippen LogP contribution in [0.3, 0.4) is 0 Å². The lowest BCUT2D eigenvalue weighted by molar-refractivity contribution is -0.157. The molecule has 14 rings (SSSR count). The Morgan fingerprint density at radius 1 is 0.962 bits per heavy atom. The highest BCUT2D eigenvalue weighted by Gasteiger charge is 2.62. The van der Waals surface area contributed by atoms with Crippen molar-refractivity contribution in [2.24, 2.45) is 16.7 Å². The number of fused-ring (bicyclic) bond motifs is 7. The Morgan fingerprint density at radius 2 is 1.78 bits per heavy atom. The van der Waals surface area contributed by atoms with E-state index >= 15 is 4.79 Å². The number of rotatable bonds is 12. The van der Waals surface area contributed by atoms with E-state index in [0.717, 1.165) is 113 Å². The minimum absolute atomic E-state index is 0.0303. The van der Waals surface area contributed by atoms with Gasteiger partial charge in [0.2, 0.25) is 0 Å². The average molecular weight is 1100 g/mol. The van der Waals surface area contributed by atoms with Gasteiger partial charge in [0, 0.05) is 117 Å². The zero-order valence-electron chi connectivity index (χ0n) is 47.0. The number of ether oxygens (including phenoxy) is 6. The first-order valence-electron chi connectivity index (χ1n) is 29.6. The SMILES string of the molecule is CO[C@@H](C)c1ncc(N2CCN(C3CC3)CC2)cc1-c1c2c3cc(ccc3n1CCOC1CCOCC1)-c1csc(n1)[C@@H](N1CCC3(CCOC3)C1)[C@H](NC(=O)C13CC(C1)[C@H](C)O3)C(=O)N1CCC[C@H](N1)C(=O)OCC(C)(C)C2. The number of amides is 2. The van der Waals surface area contributed by atoms with Crippen molar-refractivity contribution in [1.82, 2.24) is 40.1 Å². The van der Waals surface area contributed by atoms with Crippen LogP contribution in [0.2, 0.25) is 0 Å². The molecule has 3 aromatic heterocycles. The average Bonchev–Trinajstić information content (AvgIpc) is 4.11. The van der Waals surface area contributed by atoms with Crippen LogP contribution in [0.5, 0.6) is 0 Å². The first-order valence-corrected chi connectivity index (χ1v) is 30.5. The minimum atomic E-state index is -1.04. The third kappa shape index (κ3) is 10.4. The van der Waals surface area contributed by atoms with Crippen molar-refractivity contribution >= 4 is 45.7 Å². The van der Waals surface area contributed by atoms with E-state index in [0.29, 0.717) is 97.2 Å². The van der Waals surface area contributed by atoms with Gasteiger partial charge in [-0.2, -0.15) is 0 Å². The van der Waals surface area contributed by atoms with Gasteiger partial charge in [0.1, 0.15) is 22.7 Å². The molecular formula is C60H81N9O9S. The summed E-state index contributed by atoms with van der Waals surface area (Å²) in [4.78, 5) is 63.1. The van der Waals surface area contributed by atoms with E-state index in [1.54, 1.807) is 12.1 Å². The number of benzene rings is 1. The van der Waals surface area contributed by atoms with E-state index in [1.165, 1.54) is 24.2 Å². The fraction of sp³-hybridized carbons (Fsp3) is 0.683. The van der Waals surface area contributed by atoms with Crippen LogP contribution in [0.1, 0.15) is 120 Å². The number of nitrogens with zero attached hydrogens (tertiary/aromatic N) is 7. The number of likely N-dealkylation sites (tertiary alicyclic amines) is 1. The molecule has 19 heteroatoms. The number of cyclic esters (lactones) is 1. The van der Waals surface area contributed by atoms with E-state index in [2.05, 4.69) is 80.4 Å². The lowest BCUT2D eigenvalue weighted by Gasteiger charge is -2.41. The standard InChI is InChI=1S/C60H81N9O9S/c1-37-40-29-60(30-40,78-37)57(72)63-51-53(67-17-14-59(34-67)15-25-75-36-59)54-62-48(33-79-54)39-8-11-49-44(27-39)46(31-58(3,4)35-77-56(71)47-7-6-16-69(64-47)55(51)70)52(68(49)22-26-76-43-12-23-74-24-13-43)45-28-42(32-61-50(45)38(2)73-5)66-20-18-65(19-21-66)41-9-10-41/h8,11,27-28,32-33,37-38,40-41,43,47,51,53,64H,6-7,9-10,12-26,29-31,34-36H2,1-5H3,(H,63,72)/t37-,38-,40?,47-,51-,53-,59?,60?/m0/s1. The fourth-order valence-corrected chi connectivity index (χ4v) is 15.4. The molecule has 1 aromatic carbocycles. The van der Waals surface area contributed by atoms with Crippen LogP contribution in [0, 0.1) is 16.7 Å². The number of methoxy groups -OCH3 is 1. The number of hydrazine groups is 1. The van der Waals surface area contributed by atoms with E-state index in [4.69, 9.17) is 38.4 Å². The number of pyridine rings is 1. The summed E-state index contributed by atoms with van der Waals surface area (Å²) in [7, 11) is 1.75. The molecule has 8 aliphatic heterocycles. The fourth-order valence-electron chi connectivity index (χ4n) is 14.4. The molecule has 2 amide bonds. The second kappa shape index (κ2) is 21.6. The predicted octanol–water partition coefficient (Wildman–Crippen LogP) is 6.84. The highest BCUT2D eigenvalue weighted by atomic mass is 32.1. The van der Waals surface area contributed by atoms with Crippen LogP contribution < -0.4 is 15.6 Å². The van der Waals surface area contributed by atoms with Gasteiger partial charge in [0.25, 0.3) is 11.8 Å². The summed E-state index contributed by atoms with van der Waals surface area (Å²) in [6.07, 6.45) is 10.9. The molecule has 4 aromatic rings. The zero-order chi connectivity index (χ0) is 54.2. The van der Waals surface area contributed by atoms with Crippen molar-refractivity contribution < 1.29 is 42.8 Å². The summed E-state index contributed by atoms with van der Waals surface area (Å²) in [5.41, 5.74) is 9.68. The molecule has 10 aliphatic rings. The van der Waals surface area contributed by atoms with Gasteiger partial charge in [-0.05, 0) is 121 Å². The van der Waals surface area contributed by atoms with Gasteiger partial charge in [-0.3, -0.25) is 34.2 Å². The Morgan fingerprint density at radius 3 is 2.53 bits per heavy atom. The van der Waals surface area contributed by atoms with Gasteiger partial charge < -0.3 is 43.2 Å². The molecule has 2 aliphatic carbocycles. The third-order valence-corrected chi connectivity index (χ3v) is 20.2. The van der Waals surface area contributed by atoms with Crippen LogP contribution in [-0.2, 0) is 55.8 Å². The molecule has 0 radical (unpaired) electrons. The Balaban J connectivity index is 0.957. The number of carbonyl (C=O) groups is 3. The van der Waals surface area contributed by atoms with Crippen molar-refractivity contribution in [2.45, 2.75) is 153 Å². The zero-order valence-corrected chi connectivity index (χ0v) is 47.8. The van der Waals surface area contributed by atoms with E-state index < -0.39 is 35.1 Å². The Bertz CT molecular complexity index is 2920. The molecule has 7 saturated heterocycles. The number of aromatic nitrogens is 3. The van der Waals surface area contributed by atoms with Gasteiger partial charge in [-0.15, -0.1) is 11.3 Å². The molecule has 9 fully saturated rings. The third-order valence-electron chi connectivity index (χ3n) is 19.3. The molecule has 1 spiro atoms. The summed E-state index contributed by atoms with van der Waals surface area (Å²) >= 11 is 1.53. The number of nitrogens with one attached hydrogen (secondary N) is 2. The summed E-state index contributed by atoms with van der Waals surface area (Å²) in [5, 5.41) is 8.83. The molecular weight excluding hydrogens is 1020 g/mol. The molecule has 426 valence electrons. The van der Waals surface area contributed by atoms with Crippen molar-refractivity contribution in [3.8, 4) is 22.5 Å². The van der Waals surface area contributed by atoms with Crippen molar-refractivity contribution in [3.63, 3.8) is 0 Å². The number of thiazole rings is 1. The van der Waals surface area contributed by atoms with Crippen LogP contribution in [0.4, 0.5) is 5.69 Å². The largest absolute Gasteiger partial charge is 0.464 e. The number of piperazine rings is 1.